The number of nitrogens with two attached hydrogens (primary N) is 1. The number of carbonyl (C=O) groups excluding carboxylic acids is 1. The molecule has 0 saturated carbocycles. The van der Waals surface area contributed by atoms with Crippen LogP contribution < -0.4 is 15.4 Å². The van der Waals surface area contributed by atoms with Gasteiger partial charge in [-0.3, -0.25) is 9.78 Å². The average Bonchev–Trinajstić information content (AvgIpc) is 2.93. The second kappa shape index (κ2) is 12.1. The van der Waals surface area contributed by atoms with Gasteiger partial charge in [-0.2, -0.15) is 5.26 Å². The predicted octanol–water partition coefficient (Wildman–Crippen LogP) is 3.86. The minimum atomic E-state index is -0.503. The minimum absolute atomic E-state index is 0.227. The summed E-state index contributed by atoms with van der Waals surface area (Å²) < 4.78 is 19.1. The Morgan fingerprint density at radius 3 is 2.61 bits per heavy atom. The highest BCUT2D eigenvalue weighted by Gasteiger charge is 2.21. The molecule has 0 radical (unpaired) electrons. The third kappa shape index (κ3) is 6.20. The number of nitrogens with zero attached hydrogens (tertiary/aromatic N) is 5. The lowest BCUT2D eigenvalue weighted by Gasteiger charge is -2.34. The lowest BCUT2D eigenvalue weighted by atomic mass is 10.0. The Bertz CT molecular complexity index is 1450. The molecule has 3 heterocycles. The summed E-state index contributed by atoms with van der Waals surface area (Å²) in [5, 5.41) is 9.69. The molecule has 3 aromatic rings. The van der Waals surface area contributed by atoms with Gasteiger partial charge in [0.05, 0.1) is 24.1 Å². The summed E-state index contributed by atoms with van der Waals surface area (Å²) in [5.41, 5.74) is 8.12. The quantitative estimate of drug-likeness (QED) is 0.394. The maximum atomic E-state index is 13.5. The van der Waals surface area contributed by atoms with Gasteiger partial charge < -0.3 is 20.3 Å². The first kappa shape index (κ1) is 26.5. The molecule has 2 aromatic heterocycles. The van der Waals surface area contributed by atoms with Crippen LogP contribution in [0.4, 0.5) is 10.2 Å². The fourth-order valence-electron chi connectivity index (χ4n) is 4.00. The van der Waals surface area contributed by atoms with E-state index in [-0.39, 0.29) is 16.5 Å². The van der Waals surface area contributed by atoms with Crippen molar-refractivity contribution in [1.29, 1.82) is 5.26 Å². The molecule has 1 aliphatic heterocycles. The first-order valence-electron chi connectivity index (χ1n) is 11.9. The molecule has 0 unspecified atom stereocenters. The number of benzene rings is 1. The van der Waals surface area contributed by atoms with Crippen LogP contribution in [0, 0.1) is 29.0 Å². The summed E-state index contributed by atoms with van der Waals surface area (Å²) in [6.45, 7) is 4.45. The topological polar surface area (TPSA) is 108 Å². The summed E-state index contributed by atoms with van der Waals surface area (Å²) in [4.78, 5) is 25.3. The number of pyridine rings is 2. The summed E-state index contributed by atoms with van der Waals surface area (Å²) >= 11 is 5.84. The number of amides is 1. The SMILES string of the molecule is CCOc1cnc(C(C#N)=CN)c(-c2ccc(N3CCN(C(=O)C#Cc4cc(F)cc(Cl)c4)CC3)nc2)c1. The molecule has 38 heavy (non-hydrogen) atoms. The van der Waals surface area contributed by atoms with Crippen molar-refractivity contribution in [3.8, 4) is 34.8 Å². The molecule has 192 valence electrons. The molecule has 1 aromatic carbocycles. The monoisotopic (exact) mass is 530 g/mol. The van der Waals surface area contributed by atoms with Crippen LogP contribution in [0.3, 0.4) is 0 Å². The first-order chi connectivity index (χ1) is 18.4. The predicted molar refractivity (Wildman–Crippen MR) is 143 cm³/mol. The molecule has 1 saturated heterocycles. The van der Waals surface area contributed by atoms with Crippen LogP contribution in [0.1, 0.15) is 18.2 Å². The van der Waals surface area contributed by atoms with Crippen molar-refractivity contribution < 1.29 is 13.9 Å². The summed E-state index contributed by atoms with van der Waals surface area (Å²) in [6.07, 6.45) is 4.50. The number of rotatable bonds is 5. The number of anilines is 1. The van der Waals surface area contributed by atoms with E-state index in [1.165, 1.54) is 24.4 Å². The lowest BCUT2D eigenvalue weighted by molar-refractivity contribution is -0.125. The van der Waals surface area contributed by atoms with Crippen LogP contribution in [-0.4, -0.2) is 53.6 Å². The van der Waals surface area contributed by atoms with E-state index < -0.39 is 5.82 Å². The van der Waals surface area contributed by atoms with E-state index in [0.717, 1.165) is 11.4 Å². The van der Waals surface area contributed by atoms with Gasteiger partial charge in [0.15, 0.2) is 0 Å². The van der Waals surface area contributed by atoms with Gasteiger partial charge in [-0.25, -0.2) is 9.37 Å². The largest absolute Gasteiger partial charge is 0.492 e. The van der Waals surface area contributed by atoms with Gasteiger partial charge in [0.25, 0.3) is 5.91 Å². The van der Waals surface area contributed by atoms with E-state index in [0.29, 0.717) is 55.4 Å². The van der Waals surface area contributed by atoms with Crippen molar-refractivity contribution >= 4 is 28.9 Å². The van der Waals surface area contributed by atoms with Crippen LogP contribution in [0.2, 0.25) is 5.02 Å². The number of ether oxygens (including phenoxy) is 1. The highest BCUT2D eigenvalue weighted by molar-refractivity contribution is 6.30. The maximum Gasteiger partial charge on any atom is 0.298 e. The Hall–Kier alpha value is -4.60. The second-order valence-corrected chi connectivity index (χ2v) is 8.72. The number of aromatic nitrogens is 2. The zero-order valence-electron chi connectivity index (χ0n) is 20.6. The van der Waals surface area contributed by atoms with Gasteiger partial charge >= 0.3 is 0 Å². The van der Waals surface area contributed by atoms with Gasteiger partial charge in [-0.15, -0.1) is 0 Å². The molecule has 0 spiro atoms. The normalized spacial score (nSPS) is 13.4. The summed E-state index contributed by atoms with van der Waals surface area (Å²) in [5.74, 6) is 5.75. The highest BCUT2D eigenvalue weighted by Crippen LogP contribution is 2.31. The third-order valence-corrected chi connectivity index (χ3v) is 6.06. The number of hydrogen-bond acceptors (Lipinski definition) is 7. The van der Waals surface area contributed by atoms with E-state index in [1.54, 1.807) is 17.3 Å². The van der Waals surface area contributed by atoms with Crippen LogP contribution in [0.15, 0.2) is 55.0 Å². The second-order valence-electron chi connectivity index (χ2n) is 8.28. The molecule has 2 N–H and O–H groups in total. The van der Waals surface area contributed by atoms with Crippen molar-refractivity contribution in [2.75, 3.05) is 37.7 Å². The van der Waals surface area contributed by atoms with Crippen molar-refractivity contribution in [3.05, 3.63) is 77.1 Å². The number of nitriles is 1. The van der Waals surface area contributed by atoms with Crippen LogP contribution in [-0.2, 0) is 4.79 Å². The highest BCUT2D eigenvalue weighted by atomic mass is 35.5. The number of halogens is 2. The third-order valence-electron chi connectivity index (χ3n) is 5.84. The van der Waals surface area contributed by atoms with Gasteiger partial charge in [-0.05, 0) is 43.3 Å². The van der Waals surface area contributed by atoms with Crippen molar-refractivity contribution in [2.24, 2.45) is 5.73 Å². The van der Waals surface area contributed by atoms with Crippen LogP contribution in [0.5, 0.6) is 5.75 Å². The molecule has 8 nitrogen and oxygen atoms in total. The zero-order chi connectivity index (χ0) is 27.1. The average molecular weight is 531 g/mol. The molecule has 0 atom stereocenters. The fourth-order valence-corrected chi connectivity index (χ4v) is 4.22. The van der Waals surface area contributed by atoms with E-state index >= 15 is 0 Å². The van der Waals surface area contributed by atoms with E-state index in [1.807, 2.05) is 25.1 Å². The lowest BCUT2D eigenvalue weighted by Crippen LogP contribution is -2.48. The Morgan fingerprint density at radius 2 is 1.97 bits per heavy atom. The smallest absolute Gasteiger partial charge is 0.298 e. The fraction of sp³-hybridized carbons (Fsp3) is 0.214. The van der Waals surface area contributed by atoms with E-state index in [9.17, 15) is 14.4 Å². The van der Waals surface area contributed by atoms with Crippen LogP contribution >= 0.6 is 11.6 Å². The summed E-state index contributed by atoms with van der Waals surface area (Å²) in [6, 6.07) is 11.6. The molecular weight excluding hydrogens is 507 g/mol. The van der Waals surface area contributed by atoms with Gasteiger partial charge in [0.1, 0.15) is 23.5 Å². The standard InChI is InChI=1S/C28H24ClFN6O2/c1-2-38-24-14-25(28(34-18-24)21(15-31)16-32)20-4-5-26(33-17-20)35-7-9-36(10-8-35)27(37)6-3-19-11-22(29)13-23(30)12-19/h4-5,11-15,17-18H,2,7-10,31H2,1H3. The zero-order valence-corrected chi connectivity index (χ0v) is 21.4. The Labute approximate surface area is 225 Å². The summed E-state index contributed by atoms with van der Waals surface area (Å²) in [7, 11) is 0. The minimum Gasteiger partial charge on any atom is -0.492 e. The van der Waals surface area contributed by atoms with Gasteiger partial charge in [0, 0.05) is 66.2 Å². The number of piperazine rings is 1. The molecule has 0 bridgehead atoms. The van der Waals surface area contributed by atoms with E-state index in [2.05, 4.69) is 32.8 Å². The molecule has 1 fully saturated rings. The number of hydrogen-bond donors (Lipinski definition) is 1. The Kier molecular flexibility index (Phi) is 8.42. The van der Waals surface area contributed by atoms with Crippen molar-refractivity contribution in [2.45, 2.75) is 6.92 Å². The number of allylic oxidation sites excluding steroid dienone is 1. The molecule has 1 amide bonds. The molecule has 4 rings (SSSR count). The molecular formula is C28H24ClFN6O2. The van der Waals surface area contributed by atoms with E-state index in [4.69, 9.17) is 22.1 Å². The van der Waals surface area contributed by atoms with Crippen molar-refractivity contribution in [3.63, 3.8) is 0 Å². The van der Waals surface area contributed by atoms with Gasteiger partial charge in [0.2, 0.25) is 0 Å². The molecule has 10 heteroatoms. The van der Waals surface area contributed by atoms with Crippen molar-refractivity contribution in [1.82, 2.24) is 14.9 Å². The Balaban J connectivity index is 1.45. The van der Waals surface area contributed by atoms with Gasteiger partial charge in [-0.1, -0.05) is 17.5 Å². The number of carbonyl (C=O) groups is 1. The maximum absolute atomic E-state index is 13.5. The molecule has 1 aliphatic rings. The Morgan fingerprint density at radius 1 is 1.18 bits per heavy atom. The molecule has 0 aliphatic carbocycles. The van der Waals surface area contributed by atoms with Crippen LogP contribution in [0.25, 0.3) is 16.7 Å². The first-order valence-corrected chi connectivity index (χ1v) is 12.2.